The molecule has 0 bridgehead atoms. The van der Waals surface area contributed by atoms with E-state index >= 15 is 0 Å². The van der Waals surface area contributed by atoms with Gasteiger partial charge in [0.1, 0.15) is 0 Å². The monoisotopic (exact) mass is 422 g/mol. The lowest BCUT2D eigenvalue weighted by Crippen LogP contribution is -2.69. The molecule has 0 aliphatic carbocycles. The number of rotatable bonds is 8. The quantitative estimate of drug-likeness (QED) is 0.354. The van der Waals surface area contributed by atoms with E-state index in [0.29, 0.717) is 33.2 Å². The van der Waals surface area contributed by atoms with Gasteiger partial charge in [-0.1, -0.05) is 94.3 Å². The van der Waals surface area contributed by atoms with E-state index in [-0.39, 0.29) is 11.5 Å². The van der Waals surface area contributed by atoms with E-state index in [2.05, 4.69) is 89.2 Å². The standard InChI is InChI=1S/C24H46O2Si2/c1-15(2)27(16(3)4,17(5)6)22-14-13-21(25)23(26)24(22)28(18(7)8,19(9)10)20(11)12/h13-20,25-26H,1-12H3. The van der Waals surface area contributed by atoms with Gasteiger partial charge < -0.3 is 10.2 Å². The Hall–Kier alpha value is -0.746. The van der Waals surface area contributed by atoms with E-state index in [0.717, 1.165) is 0 Å². The summed E-state index contributed by atoms with van der Waals surface area (Å²) < 4.78 is 0. The topological polar surface area (TPSA) is 40.5 Å². The van der Waals surface area contributed by atoms with Crippen molar-refractivity contribution in [2.24, 2.45) is 0 Å². The lowest BCUT2D eigenvalue weighted by atomic mass is 10.3. The average molecular weight is 423 g/mol. The molecule has 2 N–H and O–H groups in total. The van der Waals surface area contributed by atoms with Gasteiger partial charge in [0, 0.05) is 0 Å². The Bertz CT molecular complexity index is 617. The van der Waals surface area contributed by atoms with Crippen molar-refractivity contribution < 1.29 is 10.2 Å². The van der Waals surface area contributed by atoms with Crippen molar-refractivity contribution in [1.29, 1.82) is 0 Å². The summed E-state index contributed by atoms with van der Waals surface area (Å²) in [6, 6.07) is 3.95. The van der Waals surface area contributed by atoms with Crippen LogP contribution in [0, 0.1) is 0 Å². The summed E-state index contributed by atoms with van der Waals surface area (Å²) in [6.45, 7) is 28.3. The van der Waals surface area contributed by atoms with E-state index < -0.39 is 16.1 Å². The Morgan fingerprint density at radius 2 is 0.857 bits per heavy atom. The third-order valence-corrected chi connectivity index (χ3v) is 22.2. The van der Waals surface area contributed by atoms with Crippen LogP contribution >= 0.6 is 0 Å². The minimum atomic E-state index is -2.15. The molecular formula is C24H46O2Si2. The molecular weight excluding hydrogens is 376 g/mol. The van der Waals surface area contributed by atoms with Crippen molar-refractivity contribution in [1.82, 2.24) is 0 Å². The average Bonchev–Trinajstić information content (AvgIpc) is 2.52. The first-order valence-electron chi connectivity index (χ1n) is 11.3. The van der Waals surface area contributed by atoms with Crippen LogP contribution in [0.3, 0.4) is 0 Å². The van der Waals surface area contributed by atoms with Crippen molar-refractivity contribution >= 4 is 26.5 Å². The molecule has 1 aromatic rings. The summed E-state index contributed by atoms with van der Waals surface area (Å²) >= 11 is 0. The van der Waals surface area contributed by atoms with Gasteiger partial charge >= 0.3 is 0 Å². The first kappa shape index (κ1) is 25.3. The smallest absolute Gasteiger partial charge is 0.157 e. The van der Waals surface area contributed by atoms with E-state index in [9.17, 15) is 10.2 Å². The van der Waals surface area contributed by atoms with Crippen LogP contribution in [0.15, 0.2) is 12.1 Å². The van der Waals surface area contributed by atoms with E-state index in [1.807, 2.05) is 0 Å². The highest BCUT2D eigenvalue weighted by molar-refractivity contribution is 7.04. The van der Waals surface area contributed by atoms with Crippen LogP contribution in [0.1, 0.15) is 83.1 Å². The maximum Gasteiger partial charge on any atom is 0.157 e. The van der Waals surface area contributed by atoms with E-state index in [1.165, 1.54) is 10.4 Å². The molecule has 0 fully saturated rings. The highest BCUT2D eigenvalue weighted by atomic mass is 28.3. The largest absolute Gasteiger partial charge is 0.504 e. The third-order valence-electron chi connectivity index (χ3n) is 7.79. The first-order valence-corrected chi connectivity index (χ1v) is 15.7. The summed E-state index contributed by atoms with van der Waals surface area (Å²) in [5.41, 5.74) is 3.14. The van der Waals surface area contributed by atoms with Crippen LogP contribution in [-0.4, -0.2) is 26.4 Å². The lowest BCUT2D eigenvalue weighted by Gasteiger charge is -2.50. The van der Waals surface area contributed by atoms with Crippen molar-refractivity contribution in [3.63, 3.8) is 0 Å². The first-order chi connectivity index (χ1) is 12.7. The van der Waals surface area contributed by atoms with Gasteiger partial charge in [-0.3, -0.25) is 0 Å². The molecule has 162 valence electrons. The Balaban J connectivity index is 4.26. The minimum Gasteiger partial charge on any atom is -0.504 e. The molecule has 0 unspecified atom stereocenters. The highest BCUT2D eigenvalue weighted by Gasteiger charge is 2.53. The van der Waals surface area contributed by atoms with Gasteiger partial charge in [-0.2, -0.15) is 0 Å². The molecule has 0 aliphatic rings. The maximum absolute atomic E-state index is 11.4. The molecule has 0 saturated carbocycles. The fourth-order valence-electron chi connectivity index (χ4n) is 7.18. The predicted molar refractivity (Wildman–Crippen MR) is 131 cm³/mol. The van der Waals surface area contributed by atoms with Gasteiger partial charge in [0.05, 0.1) is 16.1 Å². The zero-order valence-corrected chi connectivity index (χ0v) is 22.5. The second kappa shape index (κ2) is 8.95. The molecule has 0 aromatic heterocycles. The number of aromatic hydroxyl groups is 2. The van der Waals surface area contributed by atoms with Crippen molar-refractivity contribution in [3.8, 4) is 11.5 Å². The summed E-state index contributed by atoms with van der Waals surface area (Å²) in [5, 5.41) is 24.6. The summed E-state index contributed by atoms with van der Waals surface area (Å²) in [6.07, 6.45) is 0. The van der Waals surface area contributed by atoms with Gasteiger partial charge in [0.25, 0.3) is 0 Å². The number of hydrogen-bond acceptors (Lipinski definition) is 2. The lowest BCUT2D eigenvalue weighted by molar-refractivity contribution is 0.406. The van der Waals surface area contributed by atoms with Crippen LogP contribution in [-0.2, 0) is 0 Å². The van der Waals surface area contributed by atoms with Gasteiger partial charge in [0.2, 0.25) is 0 Å². The Kier molecular flexibility index (Phi) is 8.08. The van der Waals surface area contributed by atoms with Crippen molar-refractivity contribution in [2.45, 2.75) is 116 Å². The fraction of sp³-hybridized carbons (Fsp3) is 0.750. The zero-order chi connectivity index (χ0) is 22.2. The summed E-state index contributed by atoms with van der Waals surface area (Å²) in [4.78, 5) is 0. The van der Waals surface area contributed by atoms with Crippen LogP contribution in [0.25, 0.3) is 0 Å². The summed E-state index contributed by atoms with van der Waals surface area (Å²) in [5.74, 6) is 0.232. The molecule has 0 saturated heterocycles. The number of benzene rings is 1. The van der Waals surface area contributed by atoms with Gasteiger partial charge in [0.15, 0.2) is 11.5 Å². The Labute approximate surface area is 176 Å². The van der Waals surface area contributed by atoms with Crippen LogP contribution < -0.4 is 10.4 Å². The predicted octanol–water partition coefficient (Wildman–Crippen LogP) is 6.87. The van der Waals surface area contributed by atoms with E-state index in [4.69, 9.17) is 0 Å². The fourth-order valence-corrected chi connectivity index (χ4v) is 22.1. The molecule has 0 amide bonds. The molecule has 0 spiro atoms. The van der Waals surface area contributed by atoms with Crippen LogP contribution in [0.2, 0.25) is 33.2 Å². The second-order valence-corrected chi connectivity index (χ2v) is 22.3. The maximum atomic E-state index is 11.4. The van der Waals surface area contributed by atoms with Crippen molar-refractivity contribution in [3.05, 3.63) is 12.1 Å². The molecule has 28 heavy (non-hydrogen) atoms. The highest BCUT2D eigenvalue weighted by Crippen LogP contribution is 2.47. The SMILES string of the molecule is CC(C)[Si](c1ccc(O)c(O)c1[Si](C(C)C)(C(C)C)C(C)C)(C(C)C)C(C)C. The normalized spacial score (nSPS) is 13.8. The second-order valence-electron chi connectivity index (χ2n) is 10.7. The molecule has 0 atom stereocenters. The van der Waals surface area contributed by atoms with Crippen LogP contribution in [0.5, 0.6) is 11.5 Å². The molecule has 2 nitrogen and oxygen atoms in total. The Morgan fingerprint density at radius 1 is 0.536 bits per heavy atom. The van der Waals surface area contributed by atoms with Gasteiger partial charge in [-0.15, -0.1) is 0 Å². The summed E-state index contributed by atoms with van der Waals surface area (Å²) in [7, 11) is -4.13. The number of phenolic OH excluding ortho intramolecular Hbond substituents is 2. The third kappa shape index (κ3) is 3.60. The molecule has 0 heterocycles. The number of phenols is 2. The van der Waals surface area contributed by atoms with E-state index in [1.54, 1.807) is 6.07 Å². The molecule has 0 radical (unpaired) electrons. The zero-order valence-electron chi connectivity index (χ0n) is 20.5. The van der Waals surface area contributed by atoms with Gasteiger partial charge in [-0.25, -0.2) is 0 Å². The molecule has 1 aromatic carbocycles. The minimum absolute atomic E-state index is 0.0525. The molecule has 4 heteroatoms. The number of hydrogen-bond donors (Lipinski definition) is 2. The van der Waals surface area contributed by atoms with Crippen molar-refractivity contribution in [2.75, 3.05) is 0 Å². The Morgan fingerprint density at radius 3 is 1.14 bits per heavy atom. The molecule has 0 aliphatic heterocycles. The van der Waals surface area contributed by atoms with Crippen LogP contribution in [0.4, 0.5) is 0 Å². The van der Waals surface area contributed by atoms with Gasteiger partial charge in [-0.05, 0) is 44.5 Å². The molecule has 1 rings (SSSR count).